The molecule has 3 N–H and O–H groups in total. The Morgan fingerprint density at radius 3 is 2.29 bits per heavy atom. The van der Waals surface area contributed by atoms with E-state index in [1.807, 2.05) is 6.07 Å². The van der Waals surface area contributed by atoms with Crippen molar-refractivity contribution in [1.29, 1.82) is 5.26 Å². The van der Waals surface area contributed by atoms with Crippen LogP contribution in [0.5, 0.6) is 0 Å². The SMILES string of the molecule is N#Cc1ccc(Nc2ccc(Br)c(C(F)(F)F)c2)cc1N. The quantitative estimate of drug-likeness (QED) is 0.769. The standard InChI is InChI=1S/C14H9BrF3N3/c15-12-4-3-9(5-11(12)14(16,17)18)21-10-2-1-8(7-19)13(20)6-10/h1-6,21H,20H2. The zero-order valence-electron chi connectivity index (χ0n) is 10.5. The van der Waals surface area contributed by atoms with Gasteiger partial charge in [-0.25, -0.2) is 0 Å². The van der Waals surface area contributed by atoms with Crippen LogP contribution in [-0.2, 0) is 6.18 Å². The molecule has 3 nitrogen and oxygen atoms in total. The summed E-state index contributed by atoms with van der Waals surface area (Å²) in [6.45, 7) is 0. The van der Waals surface area contributed by atoms with Crippen molar-refractivity contribution in [3.8, 4) is 6.07 Å². The van der Waals surface area contributed by atoms with Gasteiger partial charge in [0.05, 0.1) is 16.8 Å². The first kappa shape index (κ1) is 15.2. The normalized spacial score (nSPS) is 11.0. The summed E-state index contributed by atoms with van der Waals surface area (Å²) in [5, 5.41) is 11.6. The fourth-order valence-corrected chi connectivity index (χ4v) is 2.20. The molecule has 0 spiro atoms. The molecule has 7 heteroatoms. The van der Waals surface area contributed by atoms with Gasteiger partial charge in [-0.2, -0.15) is 18.4 Å². The van der Waals surface area contributed by atoms with Crippen LogP contribution >= 0.6 is 15.9 Å². The number of anilines is 3. The molecule has 0 unspecified atom stereocenters. The summed E-state index contributed by atoms with van der Waals surface area (Å²) in [7, 11) is 0. The number of nitriles is 1. The lowest BCUT2D eigenvalue weighted by molar-refractivity contribution is -0.138. The zero-order valence-corrected chi connectivity index (χ0v) is 12.1. The molecule has 0 saturated heterocycles. The van der Waals surface area contributed by atoms with Crippen LogP contribution in [0, 0.1) is 11.3 Å². The fourth-order valence-electron chi connectivity index (χ4n) is 1.73. The third kappa shape index (κ3) is 3.47. The van der Waals surface area contributed by atoms with Gasteiger partial charge in [-0.3, -0.25) is 0 Å². The average Bonchev–Trinajstić information content (AvgIpc) is 2.40. The molecular formula is C14H9BrF3N3. The van der Waals surface area contributed by atoms with Crippen LogP contribution in [0.4, 0.5) is 30.2 Å². The third-order valence-electron chi connectivity index (χ3n) is 2.73. The molecule has 0 fully saturated rings. The summed E-state index contributed by atoms with van der Waals surface area (Å²) in [5.74, 6) is 0. The van der Waals surface area contributed by atoms with E-state index in [1.54, 1.807) is 6.07 Å². The molecule has 2 rings (SSSR count). The van der Waals surface area contributed by atoms with Gasteiger partial charge in [0.1, 0.15) is 6.07 Å². The highest BCUT2D eigenvalue weighted by atomic mass is 79.9. The topological polar surface area (TPSA) is 61.8 Å². The maximum atomic E-state index is 12.8. The number of nitrogen functional groups attached to an aromatic ring is 1. The lowest BCUT2D eigenvalue weighted by atomic mass is 10.1. The van der Waals surface area contributed by atoms with Gasteiger partial charge in [0.15, 0.2) is 0 Å². The van der Waals surface area contributed by atoms with E-state index < -0.39 is 11.7 Å². The highest BCUT2D eigenvalue weighted by molar-refractivity contribution is 9.10. The maximum absolute atomic E-state index is 12.8. The van der Waals surface area contributed by atoms with Crippen LogP contribution < -0.4 is 11.1 Å². The number of nitrogens with one attached hydrogen (secondary N) is 1. The van der Waals surface area contributed by atoms with Crippen LogP contribution in [0.15, 0.2) is 40.9 Å². The fraction of sp³-hybridized carbons (Fsp3) is 0.0714. The number of nitrogens with two attached hydrogens (primary N) is 1. The van der Waals surface area contributed by atoms with Gasteiger partial charge in [0, 0.05) is 15.8 Å². The van der Waals surface area contributed by atoms with E-state index >= 15 is 0 Å². The Kier molecular flexibility index (Phi) is 4.09. The van der Waals surface area contributed by atoms with Gasteiger partial charge < -0.3 is 11.1 Å². The van der Waals surface area contributed by atoms with E-state index in [-0.39, 0.29) is 15.8 Å². The van der Waals surface area contributed by atoms with Crippen molar-refractivity contribution in [3.05, 3.63) is 52.0 Å². The van der Waals surface area contributed by atoms with E-state index in [0.717, 1.165) is 6.07 Å². The first-order valence-electron chi connectivity index (χ1n) is 5.74. The van der Waals surface area contributed by atoms with E-state index in [9.17, 15) is 13.2 Å². The number of halogens is 4. The van der Waals surface area contributed by atoms with Crippen LogP contribution in [0.2, 0.25) is 0 Å². The van der Waals surface area contributed by atoms with Crippen LogP contribution in [0.1, 0.15) is 11.1 Å². The Balaban J connectivity index is 2.33. The second-order valence-corrected chi connectivity index (χ2v) is 5.09. The van der Waals surface area contributed by atoms with Crippen LogP contribution in [-0.4, -0.2) is 0 Å². The highest BCUT2D eigenvalue weighted by Crippen LogP contribution is 2.37. The monoisotopic (exact) mass is 355 g/mol. The summed E-state index contributed by atoms with van der Waals surface area (Å²) < 4.78 is 38.4. The number of nitrogens with zero attached hydrogens (tertiary/aromatic N) is 1. The summed E-state index contributed by atoms with van der Waals surface area (Å²) in [6, 6.07) is 10.3. The number of hydrogen-bond acceptors (Lipinski definition) is 3. The lowest BCUT2D eigenvalue weighted by Crippen LogP contribution is -2.06. The van der Waals surface area contributed by atoms with Crippen molar-refractivity contribution in [2.75, 3.05) is 11.1 Å². The Hall–Kier alpha value is -2.20. The van der Waals surface area contributed by atoms with E-state index in [2.05, 4.69) is 21.2 Å². The molecular weight excluding hydrogens is 347 g/mol. The number of alkyl halides is 3. The second kappa shape index (κ2) is 5.66. The molecule has 0 aliphatic rings. The number of rotatable bonds is 2. The van der Waals surface area contributed by atoms with Crippen LogP contribution in [0.3, 0.4) is 0 Å². The molecule has 0 amide bonds. The molecule has 0 heterocycles. The van der Waals surface area contributed by atoms with Crippen molar-refractivity contribution >= 4 is 33.0 Å². The van der Waals surface area contributed by atoms with Gasteiger partial charge in [-0.1, -0.05) is 15.9 Å². The third-order valence-corrected chi connectivity index (χ3v) is 3.42. The van der Waals surface area contributed by atoms with Gasteiger partial charge >= 0.3 is 6.18 Å². The molecule has 2 aromatic rings. The molecule has 0 aliphatic carbocycles. The van der Waals surface area contributed by atoms with E-state index in [4.69, 9.17) is 11.0 Å². The molecule has 0 saturated carbocycles. The van der Waals surface area contributed by atoms with Crippen molar-refractivity contribution in [2.45, 2.75) is 6.18 Å². The molecule has 108 valence electrons. The zero-order chi connectivity index (χ0) is 15.6. The predicted molar refractivity (Wildman–Crippen MR) is 78.0 cm³/mol. The Bertz CT molecular complexity index is 720. The van der Waals surface area contributed by atoms with Gasteiger partial charge in [0.2, 0.25) is 0 Å². The van der Waals surface area contributed by atoms with Gasteiger partial charge in [-0.15, -0.1) is 0 Å². The minimum Gasteiger partial charge on any atom is -0.398 e. The Morgan fingerprint density at radius 1 is 1.10 bits per heavy atom. The lowest BCUT2D eigenvalue weighted by Gasteiger charge is -2.13. The van der Waals surface area contributed by atoms with E-state index in [0.29, 0.717) is 11.3 Å². The number of benzene rings is 2. The summed E-state index contributed by atoms with van der Waals surface area (Å²) >= 11 is 2.88. The summed E-state index contributed by atoms with van der Waals surface area (Å²) in [4.78, 5) is 0. The first-order valence-corrected chi connectivity index (χ1v) is 6.54. The summed E-state index contributed by atoms with van der Waals surface area (Å²) in [5.41, 5.74) is 6.24. The summed E-state index contributed by atoms with van der Waals surface area (Å²) in [6.07, 6.45) is -4.44. The molecule has 0 aromatic heterocycles. The first-order chi connectivity index (χ1) is 9.81. The Labute approximate surface area is 127 Å². The second-order valence-electron chi connectivity index (χ2n) is 4.23. The van der Waals surface area contributed by atoms with Crippen molar-refractivity contribution in [1.82, 2.24) is 0 Å². The van der Waals surface area contributed by atoms with Crippen molar-refractivity contribution in [2.24, 2.45) is 0 Å². The van der Waals surface area contributed by atoms with Gasteiger partial charge in [0.25, 0.3) is 0 Å². The molecule has 0 atom stereocenters. The smallest absolute Gasteiger partial charge is 0.398 e. The van der Waals surface area contributed by atoms with Crippen LogP contribution in [0.25, 0.3) is 0 Å². The van der Waals surface area contributed by atoms with E-state index in [1.165, 1.54) is 24.3 Å². The predicted octanol–water partition coefficient (Wildman–Crippen LogP) is 4.67. The number of hydrogen-bond donors (Lipinski definition) is 2. The average molecular weight is 356 g/mol. The minimum atomic E-state index is -4.44. The molecule has 0 radical (unpaired) electrons. The Morgan fingerprint density at radius 2 is 1.71 bits per heavy atom. The highest BCUT2D eigenvalue weighted by Gasteiger charge is 2.33. The molecule has 0 aliphatic heterocycles. The minimum absolute atomic E-state index is 0.0279. The van der Waals surface area contributed by atoms with Crippen molar-refractivity contribution < 1.29 is 13.2 Å². The molecule has 2 aromatic carbocycles. The molecule has 21 heavy (non-hydrogen) atoms. The molecule has 0 bridgehead atoms. The maximum Gasteiger partial charge on any atom is 0.417 e. The van der Waals surface area contributed by atoms with Gasteiger partial charge in [-0.05, 0) is 36.4 Å². The largest absolute Gasteiger partial charge is 0.417 e. The van der Waals surface area contributed by atoms with Crippen molar-refractivity contribution in [3.63, 3.8) is 0 Å².